The van der Waals surface area contributed by atoms with Crippen molar-refractivity contribution in [3.05, 3.63) is 16.9 Å². The first-order chi connectivity index (χ1) is 13.3. The monoisotopic (exact) mass is 423 g/mol. The molecular formula is C18H21N3O5S2. The number of methoxy groups -OCH3 is 2. The van der Waals surface area contributed by atoms with Crippen molar-refractivity contribution in [3.63, 3.8) is 0 Å². The van der Waals surface area contributed by atoms with E-state index in [2.05, 4.69) is 10.9 Å². The van der Waals surface area contributed by atoms with Gasteiger partial charge in [-0.2, -0.15) is 9.30 Å². The van der Waals surface area contributed by atoms with Crippen LogP contribution >= 0.6 is 11.3 Å². The number of terminal acetylenes is 1. The van der Waals surface area contributed by atoms with Gasteiger partial charge in [0.25, 0.3) is 5.91 Å². The zero-order chi connectivity index (χ0) is 20.5. The second-order valence-corrected chi connectivity index (χ2v) is 9.22. The molecule has 0 N–H and O–H groups in total. The summed E-state index contributed by atoms with van der Waals surface area (Å²) in [6, 6.07) is 2.74. The van der Waals surface area contributed by atoms with E-state index < -0.39 is 22.0 Å². The smallest absolute Gasteiger partial charge is 0.266 e. The fourth-order valence-electron chi connectivity index (χ4n) is 3.33. The van der Waals surface area contributed by atoms with Crippen molar-refractivity contribution < 1.29 is 22.7 Å². The number of hydrogen-bond donors (Lipinski definition) is 0. The van der Waals surface area contributed by atoms with Crippen molar-refractivity contribution in [1.82, 2.24) is 8.87 Å². The van der Waals surface area contributed by atoms with Gasteiger partial charge < -0.3 is 14.0 Å². The summed E-state index contributed by atoms with van der Waals surface area (Å²) in [6.07, 6.45) is 7.69. The third-order valence-corrected chi connectivity index (χ3v) is 6.94. The summed E-state index contributed by atoms with van der Waals surface area (Å²) in [4.78, 5) is 17.4. The Hall–Kier alpha value is -2.35. The van der Waals surface area contributed by atoms with Crippen molar-refractivity contribution in [2.45, 2.75) is 25.4 Å². The maximum absolute atomic E-state index is 12.8. The van der Waals surface area contributed by atoms with E-state index in [1.807, 2.05) is 0 Å². The molecule has 1 aromatic heterocycles. The Morgan fingerprint density at radius 1 is 1.36 bits per heavy atom. The Labute approximate surface area is 167 Å². The highest BCUT2D eigenvalue weighted by Gasteiger charge is 2.36. The van der Waals surface area contributed by atoms with Crippen LogP contribution in [0.4, 0.5) is 0 Å². The molecule has 1 unspecified atom stereocenters. The lowest BCUT2D eigenvalue weighted by atomic mass is 10.2. The summed E-state index contributed by atoms with van der Waals surface area (Å²) < 4.78 is 38.4. The van der Waals surface area contributed by atoms with E-state index in [1.54, 1.807) is 30.9 Å². The number of carbonyl (C=O) groups excluding carboxylic acids is 1. The van der Waals surface area contributed by atoms with Gasteiger partial charge in [0, 0.05) is 6.54 Å². The number of thiazole rings is 1. The maximum atomic E-state index is 12.8. The fourth-order valence-corrected chi connectivity index (χ4v) is 5.59. The van der Waals surface area contributed by atoms with Crippen LogP contribution in [0, 0.1) is 12.3 Å². The molecule has 28 heavy (non-hydrogen) atoms. The van der Waals surface area contributed by atoms with Crippen LogP contribution in [0.15, 0.2) is 17.1 Å². The van der Waals surface area contributed by atoms with Crippen LogP contribution in [0.5, 0.6) is 11.5 Å². The van der Waals surface area contributed by atoms with Gasteiger partial charge in [-0.1, -0.05) is 17.3 Å². The quantitative estimate of drug-likeness (QED) is 0.674. The standard InChI is InChI=1S/C18H21N3O5S2/c1-5-10-20-15-13(25-2)8-9-14(26-3)16(15)27-18(20)19-17(22)12-7-6-11-21(12)28(4,23)24/h1,8-9,12H,6-7,10-11H2,2-4H3. The van der Waals surface area contributed by atoms with Gasteiger partial charge in [-0.05, 0) is 25.0 Å². The van der Waals surface area contributed by atoms with Gasteiger partial charge in [0.05, 0.1) is 27.0 Å². The maximum Gasteiger partial charge on any atom is 0.266 e. The number of nitrogens with zero attached hydrogens (tertiary/aromatic N) is 3. The summed E-state index contributed by atoms with van der Waals surface area (Å²) in [5.74, 6) is 3.25. The predicted octanol–water partition coefficient (Wildman–Crippen LogP) is 1.20. The lowest BCUT2D eigenvalue weighted by Gasteiger charge is -2.18. The zero-order valence-electron chi connectivity index (χ0n) is 15.8. The number of ether oxygens (including phenoxy) is 2. The highest BCUT2D eigenvalue weighted by molar-refractivity contribution is 7.88. The predicted molar refractivity (Wildman–Crippen MR) is 107 cm³/mol. The van der Waals surface area contributed by atoms with Gasteiger partial charge in [0.2, 0.25) is 10.0 Å². The Morgan fingerprint density at radius 2 is 2.04 bits per heavy atom. The normalized spacial score (nSPS) is 18.4. The van der Waals surface area contributed by atoms with Gasteiger partial charge in [0.15, 0.2) is 4.80 Å². The number of benzene rings is 1. The molecule has 0 radical (unpaired) electrons. The molecule has 0 bridgehead atoms. The van der Waals surface area contributed by atoms with E-state index in [-0.39, 0.29) is 6.54 Å². The van der Waals surface area contributed by atoms with Crippen LogP contribution < -0.4 is 14.3 Å². The number of hydrogen-bond acceptors (Lipinski definition) is 6. The Bertz CT molecular complexity index is 1120. The van der Waals surface area contributed by atoms with E-state index >= 15 is 0 Å². The SMILES string of the molecule is C#CCn1c(=NC(=O)C2CCCN2S(C)(=O)=O)sc2c(OC)ccc(OC)c21. The third kappa shape index (κ3) is 3.65. The van der Waals surface area contributed by atoms with Crippen LogP contribution in [0.1, 0.15) is 12.8 Å². The molecule has 1 aliphatic rings. The summed E-state index contributed by atoms with van der Waals surface area (Å²) in [5.41, 5.74) is 0.683. The van der Waals surface area contributed by atoms with Crippen molar-refractivity contribution in [2.75, 3.05) is 27.0 Å². The summed E-state index contributed by atoms with van der Waals surface area (Å²) in [6.45, 7) is 0.499. The highest BCUT2D eigenvalue weighted by atomic mass is 32.2. The first kappa shape index (κ1) is 20.4. The molecule has 1 aliphatic heterocycles. The second kappa shape index (κ2) is 7.95. The third-order valence-electron chi connectivity index (χ3n) is 4.56. The van der Waals surface area contributed by atoms with E-state index in [9.17, 15) is 13.2 Å². The van der Waals surface area contributed by atoms with E-state index in [1.165, 1.54) is 15.6 Å². The molecule has 0 aliphatic carbocycles. The van der Waals surface area contributed by atoms with Gasteiger partial charge in [-0.25, -0.2) is 8.42 Å². The minimum atomic E-state index is -3.48. The molecular weight excluding hydrogens is 402 g/mol. The Kier molecular flexibility index (Phi) is 5.79. The van der Waals surface area contributed by atoms with Gasteiger partial charge in [-0.3, -0.25) is 4.79 Å². The molecule has 1 atom stereocenters. The molecule has 1 aromatic carbocycles. The van der Waals surface area contributed by atoms with Crippen molar-refractivity contribution in [3.8, 4) is 23.8 Å². The first-order valence-electron chi connectivity index (χ1n) is 8.55. The average Bonchev–Trinajstić information content (AvgIpc) is 3.27. The van der Waals surface area contributed by atoms with Gasteiger partial charge in [-0.15, -0.1) is 6.42 Å². The van der Waals surface area contributed by atoms with Crippen LogP contribution in [0.25, 0.3) is 10.2 Å². The summed E-state index contributed by atoms with van der Waals surface area (Å²) in [5, 5.41) is 0. The number of rotatable bonds is 5. The number of amides is 1. The average molecular weight is 424 g/mol. The van der Waals surface area contributed by atoms with Crippen LogP contribution in [-0.2, 0) is 21.4 Å². The van der Waals surface area contributed by atoms with Crippen molar-refractivity contribution in [1.29, 1.82) is 0 Å². The molecule has 2 aromatic rings. The van der Waals surface area contributed by atoms with E-state index in [0.29, 0.717) is 41.2 Å². The number of carbonyl (C=O) groups is 1. The van der Waals surface area contributed by atoms with Gasteiger partial charge >= 0.3 is 0 Å². The van der Waals surface area contributed by atoms with Crippen molar-refractivity contribution >= 4 is 37.5 Å². The number of sulfonamides is 1. The topological polar surface area (TPSA) is 90.2 Å². The largest absolute Gasteiger partial charge is 0.495 e. The molecule has 0 spiro atoms. The minimum Gasteiger partial charge on any atom is -0.495 e. The van der Waals surface area contributed by atoms with Gasteiger partial charge in [0.1, 0.15) is 27.8 Å². The summed E-state index contributed by atoms with van der Waals surface area (Å²) in [7, 11) is -0.381. The Balaban J connectivity index is 2.18. The van der Waals surface area contributed by atoms with Crippen LogP contribution in [0.3, 0.4) is 0 Å². The molecule has 3 rings (SSSR count). The fraction of sp³-hybridized carbons (Fsp3) is 0.444. The molecule has 10 heteroatoms. The molecule has 2 heterocycles. The summed E-state index contributed by atoms with van der Waals surface area (Å²) >= 11 is 1.25. The molecule has 1 fully saturated rings. The first-order valence-corrected chi connectivity index (χ1v) is 11.2. The zero-order valence-corrected chi connectivity index (χ0v) is 17.5. The van der Waals surface area contributed by atoms with Crippen molar-refractivity contribution in [2.24, 2.45) is 4.99 Å². The lowest BCUT2D eigenvalue weighted by Crippen LogP contribution is -2.39. The molecule has 8 nitrogen and oxygen atoms in total. The molecule has 150 valence electrons. The highest BCUT2D eigenvalue weighted by Crippen LogP contribution is 2.35. The lowest BCUT2D eigenvalue weighted by molar-refractivity contribution is -0.121. The van der Waals surface area contributed by atoms with E-state index in [0.717, 1.165) is 11.0 Å². The Morgan fingerprint density at radius 3 is 2.64 bits per heavy atom. The number of fused-ring (bicyclic) bond motifs is 1. The molecule has 1 amide bonds. The molecule has 1 saturated heterocycles. The van der Waals surface area contributed by atoms with Crippen LogP contribution in [-0.4, -0.2) is 56.3 Å². The minimum absolute atomic E-state index is 0.177. The molecule has 0 saturated carbocycles. The second-order valence-electron chi connectivity index (χ2n) is 6.30. The van der Waals surface area contributed by atoms with E-state index in [4.69, 9.17) is 15.9 Å². The number of aromatic nitrogens is 1. The van der Waals surface area contributed by atoms with Crippen LogP contribution in [0.2, 0.25) is 0 Å².